The number of carbonyl (C=O) groups excluding carboxylic acids is 1. The first-order valence-electron chi connectivity index (χ1n) is 7.55. The monoisotopic (exact) mass is 437 g/mol. The number of benzene rings is 2. The molecule has 0 saturated carbocycles. The van der Waals surface area contributed by atoms with Crippen molar-refractivity contribution in [1.82, 2.24) is 5.32 Å². The molecule has 1 N–H and O–H groups in total. The van der Waals surface area contributed by atoms with Gasteiger partial charge < -0.3 is 14.8 Å². The molecule has 0 unspecified atom stereocenters. The van der Waals surface area contributed by atoms with Gasteiger partial charge in [0.05, 0.1) is 16.7 Å². The first-order chi connectivity index (χ1) is 11.6. The predicted molar refractivity (Wildman–Crippen MR) is 103 cm³/mol. The molecule has 5 heteroatoms. The molecule has 4 nitrogen and oxygen atoms in total. The number of methoxy groups -OCH3 is 1. The minimum Gasteiger partial charge on any atom is -0.496 e. The lowest BCUT2D eigenvalue weighted by molar-refractivity contribution is 0.137. The Bertz CT molecular complexity index is 688. The van der Waals surface area contributed by atoms with Crippen molar-refractivity contribution in [3.63, 3.8) is 0 Å². The van der Waals surface area contributed by atoms with E-state index < -0.39 is 6.09 Å². The average Bonchev–Trinajstić information content (AvgIpc) is 2.62. The molecule has 2 rings (SSSR count). The molecular weight excluding hydrogens is 417 g/mol. The summed E-state index contributed by atoms with van der Waals surface area (Å²) in [6.07, 6.45) is 1.88. The first kappa shape index (κ1) is 18.3. The van der Waals surface area contributed by atoms with Crippen LogP contribution in [0.2, 0.25) is 0 Å². The van der Waals surface area contributed by atoms with E-state index in [2.05, 4.69) is 34.5 Å². The van der Waals surface area contributed by atoms with Crippen LogP contribution in [-0.4, -0.2) is 19.2 Å². The molecule has 0 heterocycles. The van der Waals surface area contributed by atoms with Gasteiger partial charge in [0.25, 0.3) is 0 Å². The van der Waals surface area contributed by atoms with Crippen LogP contribution >= 0.6 is 22.6 Å². The van der Waals surface area contributed by atoms with E-state index >= 15 is 0 Å². The molecule has 0 aromatic heterocycles. The highest BCUT2D eigenvalue weighted by atomic mass is 127. The minimum atomic E-state index is -0.457. The van der Waals surface area contributed by atoms with Gasteiger partial charge in [0, 0.05) is 0 Å². The second kappa shape index (κ2) is 9.32. The number of alkyl carbamates (subject to hydrolysis) is 1. The Labute approximate surface area is 156 Å². The molecule has 0 fully saturated rings. The molecular formula is C19H20INO3. The summed E-state index contributed by atoms with van der Waals surface area (Å²) in [7, 11) is 1.64. The maximum absolute atomic E-state index is 12.0. The number of nitrogens with one attached hydrogen (secondary N) is 1. The van der Waals surface area contributed by atoms with Crippen LogP contribution in [0.1, 0.15) is 11.1 Å². The lowest BCUT2D eigenvalue weighted by Crippen LogP contribution is -2.35. The standard InChI is InChI=1S/C19H20INO3/c1-3-16(12-15-10-7-11-17(23-2)18(15)20)21-19(22)24-13-14-8-5-4-6-9-14/h3-11,16H,1,12-13H2,2H3,(H,21,22)/t16-/m1/s1. The van der Waals surface area contributed by atoms with Crippen molar-refractivity contribution in [2.24, 2.45) is 0 Å². The molecule has 0 radical (unpaired) electrons. The van der Waals surface area contributed by atoms with E-state index in [0.717, 1.165) is 20.4 Å². The van der Waals surface area contributed by atoms with E-state index in [1.807, 2.05) is 48.5 Å². The second-order valence-electron chi connectivity index (χ2n) is 5.19. The summed E-state index contributed by atoms with van der Waals surface area (Å²) in [4.78, 5) is 12.0. The maximum atomic E-state index is 12.0. The van der Waals surface area contributed by atoms with Gasteiger partial charge in [0.2, 0.25) is 0 Å². The second-order valence-corrected chi connectivity index (χ2v) is 6.26. The van der Waals surface area contributed by atoms with E-state index in [1.165, 1.54) is 0 Å². The minimum absolute atomic E-state index is 0.214. The molecule has 1 atom stereocenters. The van der Waals surface area contributed by atoms with Crippen molar-refractivity contribution >= 4 is 28.7 Å². The van der Waals surface area contributed by atoms with Crippen molar-refractivity contribution in [3.8, 4) is 5.75 Å². The zero-order valence-electron chi connectivity index (χ0n) is 13.5. The van der Waals surface area contributed by atoms with Gasteiger partial charge in [-0.1, -0.05) is 48.5 Å². The largest absolute Gasteiger partial charge is 0.496 e. The van der Waals surface area contributed by atoms with Crippen LogP contribution in [0.3, 0.4) is 0 Å². The third-order valence-electron chi connectivity index (χ3n) is 3.50. The van der Waals surface area contributed by atoms with Crippen molar-refractivity contribution in [1.29, 1.82) is 0 Å². The van der Waals surface area contributed by atoms with Crippen LogP contribution in [0.4, 0.5) is 4.79 Å². The lowest BCUT2D eigenvalue weighted by atomic mass is 10.1. The zero-order valence-corrected chi connectivity index (χ0v) is 15.7. The number of rotatable bonds is 7. The van der Waals surface area contributed by atoms with Crippen LogP contribution in [0.25, 0.3) is 0 Å². The normalized spacial score (nSPS) is 11.4. The lowest BCUT2D eigenvalue weighted by Gasteiger charge is -2.17. The van der Waals surface area contributed by atoms with Gasteiger partial charge in [-0.2, -0.15) is 0 Å². The summed E-state index contributed by atoms with van der Waals surface area (Å²) in [5.74, 6) is 0.822. The summed E-state index contributed by atoms with van der Waals surface area (Å²) in [6.45, 7) is 4.04. The van der Waals surface area contributed by atoms with Crippen LogP contribution in [0.15, 0.2) is 61.2 Å². The average molecular weight is 437 g/mol. The van der Waals surface area contributed by atoms with Gasteiger partial charge in [-0.15, -0.1) is 6.58 Å². The summed E-state index contributed by atoms with van der Waals surface area (Å²) >= 11 is 2.25. The molecule has 126 valence electrons. The molecule has 2 aromatic rings. The molecule has 0 saturated heterocycles. The summed E-state index contributed by atoms with van der Waals surface area (Å²) in [6, 6.07) is 15.2. The van der Waals surface area contributed by atoms with Gasteiger partial charge in [-0.05, 0) is 46.2 Å². The van der Waals surface area contributed by atoms with Gasteiger partial charge >= 0.3 is 6.09 Å². The maximum Gasteiger partial charge on any atom is 0.407 e. The third-order valence-corrected chi connectivity index (χ3v) is 4.73. The van der Waals surface area contributed by atoms with Crippen LogP contribution in [0.5, 0.6) is 5.75 Å². The molecule has 1 amide bonds. The number of halogens is 1. The van der Waals surface area contributed by atoms with Gasteiger partial charge in [-0.3, -0.25) is 0 Å². The zero-order chi connectivity index (χ0) is 17.4. The summed E-state index contributed by atoms with van der Waals surface area (Å²) in [5.41, 5.74) is 2.04. The Balaban J connectivity index is 1.92. The topological polar surface area (TPSA) is 47.6 Å². The fourth-order valence-electron chi connectivity index (χ4n) is 2.22. The van der Waals surface area contributed by atoms with Crippen LogP contribution in [-0.2, 0) is 17.8 Å². The van der Waals surface area contributed by atoms with E-state index in [-0.39, 0.29) is 12.6 Å². The predicted octanol–water partition coefficient (Wildman–Crippen LogP) is 4.32. The molecule has 0 aliphatic carbocycles. The van der Waals surface area contributed by atoms with Crippen LogP contribution in [0, 0.1) is 3.57 Å². The Hall–Kier alpha value is -2.02. The first-order valence-corrected chi connectivity index (χ1v) is 8.63. The third kappa shape index (κ3) is 5.26. The highest BCUT2D eigenvalue weighted by Crippen LogP contribution is 2.25. The van der Waals surface area contributed by atoms with E-state index in [9.17, 15) is 4.79 Å². The number of ether oxygens (including phenoxy) is 2. The van der Waals surface area contributed by atoms with E-state index in [4.69, 9.17) is 9.47 Å². The quantitative estimate of drug-likeness (QED) is 0.519. The Morgan fingerprint density at radius 1 is 1.25 bits per heavy atom. The highest BCUT2D eigenvalue weighted by molar-refractivity contribution is 14.1. The van der Waals surface area contributed by atoms with Crippen LogP contribution < -0.4 is 10.1 Å². The highest BCUT2D eigenvalue weighted by Gasteiger charge is 2.14. The SMILES string of the molecule is C=C[C@H](Cc1cccc(OC)c1I)NC(=O)OCc1ccccc1. The van der Waals surface area contributed by atoms with Crippen molar-refractivity contribution in [3.05, 3.63) is 75.9 Å². The van der Waals surface area contributed by atoms with Gasteiger partial charge in [0.15, 0.2) is 0 Å². The van der Waals surface area contributed by atoms with Crippen molar-refractivity contribution in [2.45, 2.75) is 19.1 Å². The fourth-order valence-corrected chi connectivity index (χ4v) is 3.02. The number of carbonyl (C=O) groups is 1. The Morgan fingerprint density at radius 3 is 2.67 bits per heavy atom. The molecule has 0 spiro atoms. The van der Waals surface area contributed by atoms with E-state index in [0.29, 0.717) is 6.42 Å². The van der Waals surface area contributed by atoms with Gasteiger partial charge in [0.1, 0.15) is 12.4 Å². The number of hydrogen-bond donors (Lipinski definition) is 1. The Morgan fingerprint density at radius 2 is 2.00 bits per heavy atom. The summed E-state index contributed by atoms with van der Waals surface area (Å²) in [5, 5.41) is 2.83. The molecule has 0 aliphatic rings. The molecule has 0 bridgehead atoms. The van der Waals surface area contributed by atoms with Gasteiger partial charge in [-0.25, -0.2) is 4.79 Å². The molecule has 24 heavy (non-hydrogen) atoms. The van der Waals surface area contributed by atoms with E-state index in [1.54, 1.807) is 13.2 Å². The number of amides is 1. The Kier molecular flexibility index (Phi) is 7.11. The van der Waals surface area contributed by atoms with Crippen molar-refractivity contribution in [2.75, 3.05) is 7.11 Å². The van der Waals surface area contributed by atoms with Crippen molar-refractivity contribution < 1.29 is 14.3 Å². The molecule has 0 aliphatic heterocycles. The molecule has 2 aromatic carbocycles. The summed E-state index contributed by atoms with van der Waals surface area (Å²) < 4.78 is 11.6. The number of hydrogen-bond acceptors (Lipinski definition) is 3. The fraction of sp³-hybridized carbons (Fsp3) is 0.211. The smallest absolute Gasteiger partial charge is 0.407 e.